The first-order valence-corrected chi connectivity index (χ1v) is 20.3. The van der Waals surface area contributed by atoms with Crippen molar-refractivity contribution in [2.24, 2.45) is 0 Å². The Morgan fingerprint density at radius 1 is 0.543 bits per heavy atom. The van der Waals surface area contributed by atoms with E-state index < -0.39 is 110 Å². The molecule has 1 unspecified atom stereocenters. The zero-order valence-corrected chi connectivity index (χ0v) is 24.0. The van der Waals surface area contributed by atoms with Crippen LogP contribution in [0.4, 0.5) is 52.7 Å². The molecule has 0 spiro atoms. The largest absolute Gasteiger partial charge is 0.442 e. The van der Waals surface area contributed by atoms with Crippen molar-refractivity contribution >= 4 is 35.2 Å². The van der Waals surface area contributed by atoms with Crippen molar-refractivity contribution in [1.29, 1.82) is 0 Å². The highest BCUT2D eigenvalue weighted by Crippen LogP contribution is 2.39. The molecule has 0 aliphatic carbocycles. The lowest BCUT2D eigenvalue weighted by molar-refractivity contribution is -0.133. The molecule has 0 amide bonds. The molecule has 0 fully saturated rings. The van der Waals surface area contributed by atoms with Crippen molar-refractivity contribution in [2.75, 3.05) is 0 Å². The molecule has 1 atom stereocenters. The summed E-state index contributed by atoms with van der Waals surface area (Å²) in [6.07, 6.45) is -25.1. The minimum absolute atomic E-state index is 0.630. The van der Waals surface area contributed by atoms with Gasteiger partial charge in [-0.2, -0.15) is 52.7 Å². The lowest BCUT2D eigenvalue weighted by Crippen LogP contribution is -2.58. The average molecular weight is 611 g/mol. The smallest absolute Gasteiger partial charge is 0.389 e. The summed E-state index contributed by atoms with van der Waals surface area (Å²) in [6.45, 7) is 5.80. The zero-order valence-electron chi connectivity index (χ0n) is 19.6. The fourth-order valence-electron chi connectivity index (χ4n) is 3.13. The van der Waals surface area contributed by atoms with E-state index in [1.165, 1.54) is 0 Å². The van der Waals surface area contributed by atoms with Gasteiger partial charge in [0.15, 0.2) is 8.32 Å². The van der Waals surface area contributed by atoms with E-state index >= 15 is 0 Å². The van der Waals surface area contributed by atoms with E-state index in [1.807, 2.05) is 0 Å². The third-order valence-electron chi connectivity index (χ3n) is 4.34. The minimum atomic E-state index is -4.86. The monoisotopic (exact) mass is 610 g/mol. The van der Waals surface area contributed by atoms with Gasteiger partial charge in [-0.05, 0) is 50.4 Å². The summed E-state index contributed by atoms with van der Waals surface area (Å²) in [4.78, 5) is 0. The first-order chi connectivity index (χ1) is 15.2. The van der Waals surface area contributed by atoms with Crippen LogP contribution >= 0.6 is 0 Å². The van der Waals surface area contributed by atoms with Gasteiger partial charge in [-0.1, -0.05) is 0 Å². The molecule has 0 radical (unpaired) electrons. The Labute approximate surface area is 201 Å². The summed E-state index contributed by atoms with van der Waals surface area (Å²) in [6, 6.07) is -3.61. The Kier molecular flexibility index (Phi) is 12.6. The molecule has 0 aromatic carbocycles. The molecular formula is C16H30F12O3Si4. The average Bonchev–Trinajstić information content (AvgIpc) is 2.56. The van der Waals surface area contributed by atoms with Gasteiger partial charge in [0.2, 0.25) is 0 Å². The molecule has 0 saturated heterocycles. The summed E-state index contributed by atoms with van der Waals surface area (Å²) < 4.78 is 171. The van der Waals surface area contributed by atoms with Gasteiger partial charge in [-0.25, -0.2) is 0 Å². The van der Waals surface area contributed by atoms with E-state index in [-0.39, 0.29) is 0 Å². The van der Waals surface area contributed by atoms with Crippen LogP contribution in [0.1, 0.15) is 25.7 Å². The molecule has 212 valence electrons. The highest BCUT2D eigenvalue weighted by Gasteiger charge is 2.51. The molecule has 0 rings (SSSR count). The first-order valence-electron chi connectivity index (χ1n) is 10.6. The molecule has 0 aromatic rings. The van der Waals surface area contributed by atoms with E-state index in [0.717, 1.165) is 6.55 Å². The lowest BCUT2D eigenvalue weighted by Gasteiger charge is -2.42. The molecule has 19 heteroatoms. The van der Waals surface area contributed by atoms with Crippen molar-refractivity contribution in [3.63, 3.8) is 0 Å². The predicted octanol–water partition coefficient (Wildman–Crippen LogP) is 7.70. The molecule has 0 saturated carbocycles. The van der Waals surface area contributed by atoms with Crippen LogP contribution in [0, 0.1) is 0 Å². The summed E-state index contributed by atoms with van der Waals surface area (Å²) in [5, 5.41) is 0. The molecule has 0 aliphatic heterocycles. The number of halogens is 12. The van der Waals surface area contributed by atoms with Crippen LogP contribution in [0.3, 0.4) is 0 Å². The molecule has 0 N–H and O–H groups in total. The van der Waals surface area contributed by atoms with Gasteiger partial charge in [0.25, 0.3) is 0 Å². The molecule has 0 aromatic heterocycles. The number of rotatable bonds is 14. The van der Waals surface area contributed by atoms with Crippen LogP contribution in [0.2, 0.25) is 50.4 Å². The predicted molar refractivity (Wildman–Crippen MR) is 114 cm³/mol. The van der Waals surface area contributed by atoms with Gasteiger partial charge in [-0.15, -0.1) is 0 Å². The Morgan fingerprint density at radius 2 is 0.914 bits per heavy atom. The van der Waals surface area contributed by atoms with Crippen LogP contribution in [-0.4, -0.2) is 59.9 Å². The number of alkyl halides is 12. The molecule has 0 aliphatic rings. The van der Waals surface area contributed by atoms with E-state index in [9.17, 15) is 52.7 Å². The SMILES string of the molecule is C[Si](C)(C)O[Si](C)(CCC(F)(F)F)O[Si](CCC(F)(F)F)(CCC(F)(F)F)O[SiH2]CCC(F)(F)F. The van der Waals surface area contributed by atoms with E-state index in [4.69, 9.17) is 12.3 Å². The second-order valence-electron chi connectivity index (χ2n) is 9.27. The number of hydrogen-bond donors (Lipinski definition) is 0. The fraction of sp³-hybridized carbons (Fsp3) is 1.00. The van der Waals surface area contributed by atoms with Crippen LogP contribution in [0.25, 0.3) is 0 Å². The van der Waals surface area contributed by atoms with Crippen molar-refractivity contribution in [3.8, 4) is 0 Å². The molecule has 0 bridgehead atoms. The molecule has 3 nitrogen and oxygen atoms in total. The Hall–Kier alpha value is -0.0925. The van der Waals surface area contributed by atoms with Gasteiger partial charge in [0.05, 0.1) is 0 Å². The van der Waals surface area contributed by atoms with Gasteiger partial charge in [0.1, 0.15) is 9.76 Å². The molecular weight excluding hydrogens is 580 g/mol. The summed E-state index contributed by atoms with van der Waals surface area (Å²) in [5.41, 5.74) is 0. The zero-order chi connectivity index (χ0) is 28.0. The number of hydrogen-bond acceptors (Lipinski definition) is 3. The van der Waals surface area contributed by atoms with Crippen LogP contribution < -0.4 is 0 Å². The van der Waals surface area contributed by atoms with Gasteiger partial charge in [0, 0.05) is 25.7 Å². The third-order valence-corrected chi connectivity index (χ3v) is 18.5. The maximum absolute atomic E-state index is 13.0. The Balaban J connectivity index is 6.21. The molecule has 0 heterocycles. The summed E-state index contributed by atoms with van der Waals surface area (Å²) >= 11 is 0. The lowest BCUT2D eigenvalue weighted by atomic mass is 10.5. The van der Waals surface area contributed by atoms with E-state index in [1.54, 1.807) is 19.6 Å². The fourth-order valence-corrected chi connectivity index (χ4v) is 20.5. The van der Waals surface area contributed by atoms with Crippen LogP contribution in [0.5, 0.6) is 0 Å². The highest BCUT2D eigenvalue weighted by molar-refractivity contribution is 6.87. The Morgan fingerprint density at radius 3 is 1.26 bits per heavy atom. The molecule has 35 heavy (non-hydrogen) atoms. The van der Waals surface area contributed by atoms with Crippen molar-refractivity contribution in [1.82, 2.24) is 0 Å². The van der Waals surface area contributed by atoms with Gasteiger partial charge >= 0.3 is 41.8 Å². The van der Waals surface area contributed by atoms with Gasteiger partial charge in [-0.3, -0.25) is 0 Å². The minimum Gasteiger partial charge on any atom is -0.442 e. The third kappa shape index (κ3) is 19.7. The summed E-state index contributed by atoms with van der Waals surface area (Å²) in [5.74, 6) is 0. The van der Waals surface area contributed by atoms with Crippen molar-refractivity contribution in [2.45, 2.75) is 101 Å². The normalized spacial score (nSPS) is 16.8. The quantitative estimate of drug-likeness (QED) is 0.115. The Bertz CT molecular complexity index is 614. The maximum Gasteiger partial charge on any atom is 0.389 e. The highest BCUT2D eigenvalue weighted by atomic mass is 28.5. The second-order valence-corrected chi connectivity index (χ2v) is 23.0. The van der Waals surface area contributed by atoms with Crippen molar-refractivity contribution in [3.05, 3.63) is 0 Å². The van der Waals surface area contributed by atoms with Crippen LogP contribution in [-0.2, 0) is 12.3 Å². The maximum atomic E-state index is 13.0. The second kappa shape index (κ2) is 12.6. The topological polar surface area (TPSA) is 27.7 Å². The first kappa shape index (κ1) is 34.9. The van der Waals surface area contributed by atoms with Crippen molar-refractivity contribution < 1.29 is 65.0 Å². The van der Waals surface area contributed by atoms with E-state index in [2.05, 4.69) is 0 Å². The summed E-state index contributed by atoms with van der Waals surface area (Å²) in [7, 11) is -13.7. The standard InChI is InChI=1S/C16H30F12O3Si4/c1-33(2,3)30-34(4,10-6-14(20,21)22)31-35(11-7-15(23,24)25,12-8-16(26,27)28)29-32-9-5-13(17,18)19/h5-12,32H2,1-4H3. The van der Waals surface area contributed by atoms with Gasteiger partial charge < -0.3 is 12.3 Å². The van der Waals surface area contributed by atoms with E-state index in [0.29, 0.717) is 0 Å². The van der Waals surface area contributed by atoms with Crippen LogP contribution in [0.15, 0.2) is 0 Å².